The van der Waals surface area contributed by atoms with Crippen LogP contribution in [0.25, 0.3) is 11.3 Å². The van der Waals surface area contributed by atoms with Crippen molar-refractivity contribution in [1.29, 1.82) is 0 Å². The predicted molar refractivity (Wildman–Crippen MR) is 54.6 cm³/mol. The van der Waals surface area contributed by atoms with Gasteiger partial charge in [0.15, 0.2) is 0 Å². The Morgan fingerprint density at radius 2 is 1.93 bits per heavy atom. The summed E-state index contributed by atoms with van der Waals surface area (Å²) in [5.74, 6) is 0.565. The first-order valence-corrected chi connectivity index (χ1v) is 4.56. The molecular formula is C10H9ClN2O. The molecule has 0 aliphatic rings. The third kappa shape index (κ3) is 1.59. The molecule has 72 valence electrons. The average Bonchev–Trinajstić information content (AvgIpc) is 2.48. The summed E-state index contributed by atoms with van der Waals surface area (Å²) in [6.07, 6.45) is 1.57. The van der Waals surface area contributed by atoms with E-state index >= 15 is 0 Å². The minimum absolute atomic E-state index is 0.565. The first-order valence-electron chi connectivity index (χ1n) is 4.18. The highest BCUT2D eigenvalue weighted by Crippen LogP contribution is 2.20. The van der Waals surface area contributed by atoms with Crippen LogP contribution in [0.4, 0.5) is 0 Å². The molecular weight excluding hydrogens is 200 g/mol. The van der Waals surface area contributed by atoms with Gasteiger partial charge in [0.05, 0.1) is 11.9 Å². The van der Waals surface area contributed by atoms with E-state index < -0.39 is 0 Å². The van der Waals surface area contributed by atoms with Gasteiger partial charge in [-0.15, -0.1) is 0 Å². The molecule has 0 atom stereocenters. The van der Waals surface area contributed by atoms with Crippen molar-refractivity contribution in [3.05, 3.63) is 41.3 Å². The molecule has 14 heavy (non-hydrogen) atoms. The lowest BCUT2D eigenvalue weighted by Gasteiger charge is -1.94. The van der Waals surface area contributed by atoms with Gasteiger partial charge in [0.2, 0.25) is 0 Å². The van der Waals surface area contributed by atoms with Crippen LogP contribution in [0.15, 0.2) is 30.5 Å². The minimum Gasteiger partial charge on any atom is -0.427 e. The molecule has 1 aromatic heterocycles. The number of imidazole rings is 1. The van der Waals surface area contributed by atoms with Gasteiger partial charge in [0.1, 0.15) is 5.82 Å². The molecule has 2 aromatic rings. The maximum atomic E-state index is 9.28. The predicted octanol–water partition coefficient (Wildman–Crippen LogP) is 2.75. The molecule has 0 aliphatic carbocycles. The summed E-state index contributed by atoms with van der Waals surface area (Å²) in [6, 6.07) is 7.32. The molecule has 3 nitrogen and oxygen atoms in total. The van der Waals surface area contributed by atoms with Crippen molar-refractivity contribution < 1.29 is 5.21 Å². The quantitative estimate of drug-likeness (QED) is 0.732. The van der Waals surface area contributed by atoms with E-state index in [1.165, 1.54) is 0 Å². The minimum atomic E-state index is 0.565. The van der Waals surface area contributed by atoms with Crippen molar-refractivity contribution in [2.75, 3.05) is 0 Å². The van der Waals surface area contributed by atoms with E-state index in [0.29, 0.717) is 10.8 Å². The first-order chi connectivity index (χ1) is 6.66. The Bertz CT molecular complexity index is 428. The second kappa shape index (κ2) is 3.35. The number of hydrogen-bond acceptors (Lipinski definition) is 2. The monoisotopic (exact) mass is 208 g/mol. The van der Waals surface area contributed by atoms with Crippen molar-refractivity contribution in [1.82, 2.24) is 9.71 Å². The van der Waals surface area contributed by atoms with Crippen molar-refractivity contribution >= 4 is 11.6 Å². The number of benzene rings is 1. The molecule has 0 bridgehead atoms. The van der Waals surface area contributed by atoms with Gasteiger partial charge in [0.25, 0.3) is 0 Å². The van der Waals surface area contributed by atoms with Crippen LogP contribution in [0, 0.1) is 6.92 Å². The van der Waals surface area contributed by atoms with E-state index in [2.05, 4.69) is 4.98 Å². The Morgan fingerprint density at radius 3 is 2.43 bits per heavy atom. The summed E-state index contributed by atoms with van der Waals surface area (Å²) in [5, 5.41) is 9.97. The van der Waals surface area contributed by atoms with E-state index in [1.807, 2.05) is 12.1 Å². The SMILES string of the molecule is Cc1nc(-c2ccc(Cl)cc2)cn1O. The smallest absolute Gasteiger partial charge is 0.142 e. The highest BCUT2D eigenvalue weighted by atomic mass is 35.5. The van der Waals surface area contributed by atoms with E-state index in [9.17, 15) is 5.21 Å². The molecule has 0 spiro atoms. The zero-order chi connectivity index (χ0) is 10.1. The molecule has 1 aromatic carbocycles. The second-order valence-corrected chi connectivity index (χ2v) is 3.46. The maximum Gasteiger partial charge on any atom is 0.142 e. The van der Waals surface area contributed by atoms with Gasteiger partial charge in [-0.05, 0) is 19.1 Å². The zero-order valence-electron chi connectivity index (χ0n) is 7.61. The Morgan fingerprint density at radius 1 is 1.29 bits per heavy atom. The highest BCUT2D eigenvalue weighted by molar-refractivity contribution is 6.30. The number of halogens is 1. The van der Waals surface area contributed by atoms with Crippen LogP contribution < -0.4 is 0 Å². The third-order valence-electron chi connectivity index (χ3n) is 2.00. The van der Waals surface area contributed by atoms with Crippen LogP contribution in [0.1, 0.15) is 5.82 Å². The van der Waals surface area contributed by atoms with Crippen LogP contribution >= 0.6 is 11.6 Å². The van der Waals surface area contributed by atoms with Gasteiger partial charge in [0, 0.05) is 10.6 Å². The lowest BCUT2D eigenvalue weighted by Crippen LogP contribution is -1.89. The summed E-state index contributed by atoms with van der Waals surface area (Å²) in [4.78, 5) is 4.18. The van der Waals surface area contributed by atoms with Gasteiger partial charge in [-0.3, -0.25) is 0 Å². The van der Waals surface area contributed by atoms with Crippen LogP contribution in [-0.4, -0.2) is 14.9 Å². The number of rotatable bonds is 1. The van der Waals surface area contributed by atoms with E-state index in [4.69, 9.17) is 11.6 Å². The number of nitrogens with zero attached hydrogens (tertiary/aromatic N) is 2. The number of aromatic nitrogens is 2. The Hall–Kier alpha value is -1.48. The largest absolute Gasteiger partial charge is 0.427 e. The van der Waals surface area contributed by atoms with Crippen LogP contribution in [-0.2, 0) is 0 Å². The summed E-state index contributed by atoms with van der Waals surface area (Å²) >= 11 is 5.76. The molecule has 4 heteroatoms. The van der Waals surface area contributed by atoms with Crippen LogP contribution in [0.2, 0.25) is 5.02 Å². The fraction of sp³-hybridized carbons (Fsp3) is 0.100. The Balaban J connectivity index is 2.44. The second-order valence-electron chi connectivity index (χ2n) is 3.02. The van der Waals surface area contributed by atoms with Crippen molar-refractivity contribution in [3.8, 4) is 11.3 Å². The normalized spacial score (nSPS) is 10.4. The molecule has 0 aliphatic heterocycles. The molecule has 1 N–H and O–H groups in total. The number of aryl methyl sites for hydroxylation is 1. The van der Waals surface area contributed by atoms with Crippen molar-refractivity contribution in [2.45, 2.75) is 6.92 Å². The molecule has 0 saturated heterocycles. The van der Waals surface area contributed by atoms with Crippen LogP contribution in [0.3, 0.4) is 0 Å². The standard InChI is InChI=1S/C10H9ClN2O/c1-7-12-10(6-13(7)14)8-2-4-9(11)5-3-8/h2-6,14H,1H3. The zero-order valence-corrected chi connectivity index (χ0v) is 8.36. The summed E-state index contributed by atoms with van der Waals surface area (Å²) in [6.45, 7) is 1.74. The van der Waals surface area contributed by atoms with Crippen LogP contribution in [0.5, 0.6) is 0 Å². The van der Waals surface area contributed by atoms with Crippen molar-refractivity contribution in [2.24, 2.45) is 0 Å². The summed E-state index contributed by atoms with van der Waals surface area (Å²) in [7, 11) is 0. The lowest BCUT2D eigenvalue weighted by molar-refractivity contribution is 0.179. The third-order valence-corrected chi connectivity index (χ3v) is 2.25. The molecule has 1 heterocycles. The summed E-state index contributed by atoms with van der Waals surface area (Å²) < 4.78 is 1.00. The van der Waals surface area contributed by atoms with Gasteiger partial charge < -0.3 is 5.21 Å². The average molecular weight is 209 g/mol. The Labute approximate surface area is 86.5 Å². The topological polar surface area (TPSA) is 38.0 Å². The number of hydrogen-bond donors (Lipinski definition) is 1. The fourth-order valence-corrected chi connectivity index (χ4v) is 1.35. The van der Waals surface area contributed by atoms with Gasteiger partial charge >= 0.3 is 0 Å². The van der Waals surface area contributed by atoms with E-state index in [-0.39, 0.29) is 0 Å². The Kier molecular flexibility index (Phi) is 2.17. The molecule has 0 fully saturated rings. The molecule has 0 radical (unpaired) electrons. The molecule has 0 saturated carbocycles. The van der Waals surface area contributed by atoms with E-state index in [1.54, 1.807) is 25.3 Å². The fourth-order valence-electron chi connectivity index (χ4n) is 1.22. The first kappa shape index (κ1) is 9.09. The molecule has 2 rings (SSSR count). The van der Waals surface area contributed by atoms with Crippen molar-refractivity contribution in [3.63, 3.8) is 0 Å². The molecule has 0 unspecified atom stereocenters. The molecule has 0 amide bonds. The maximum absolute atomic E-state index is 9.28. The summed E-state index contributed by atoms with van der Waals surface area (Å²) in [5.41, 5.74) is 1.67. The van der Waals surface area contributed by atoms with Gasteiger partial charge in [-0.2, -0.15) is 4.73 Å². The lowest BCUT2D eigenvalue weighted by atomic mass is 10.2. The highest BCUT2D eigenvalue weighted by Gasteiger charge is 2.04. The van der Waals surface area contributed by atoms with Gasteiger partial charge in [-0.1, -0.05) is 23.7 Å². The van der Waals surface area contributed by atoms with Gasteiger partial charge in [-0.25, -0.2) is 4.98 Å². The van der Waals surface area contributed by atoms with E-state index in [0.717, 1.165) is 16.0 Å².